The Morgan fingerprint density at radius 1 is 1.43 bits per heavy atom. The highest BCUT2D eigenvalue weighted by Crippen LogP contribution is 2.25. The first-order chi connectivity index (χ1) is 9.92. The van der Waals surface area contributed by atoms with Crippen molar-refractivity contribution in [3.8, 4) is 5.75 Å². The second-order valence-corrected chi connectivity index (χ2v) is 5.35. The molecule has 1 saturated heterocycles. The number of benzene rings is 1. The van der Waals surface area contributed by atoms with Gasteiger partial charge in [0.1, 0.15) is 11.6 Å². The SMILES string of the molecule is COc1ccc(F)cc1CC(=O)N1C[C@@H](C)[C@H](C(=O)O)C1. The van der Waals surface area contributed by atoms with Crippen molar-refractivity contribution < 1.29 is 23.8 Å². The number of hydrogen-bond acceptors (Lipinski definition) is 3. The molecule has 0 unspecified atom stereocenters. The Labute approximate surface area is 122 Å². The molecule has 1 amide bonds. The Balaban J connectivity index is 2.09. The van der Waals surface area contributed by atoms with E-state index in [-0.39, 0.29) is 24.8 Å². The zero-order valence-corrected chi connectivity index (χ0v) is 12.0. The number of aliphatic carboxylic acids is 1. The van der Waals surface area contributed by atoms with Gasteiger partial charge in [-0.1, -0.05) is 6.92 Å². The van der Waals surface area contributed by atoms with E-state index in [9.17, 15) is 14.0 Å². The summed E-state index contributed by atoms with van der Waals surface area (Å²) < 4.78 is 18.4. The lowest BCUT2D eigenvalue weighted by molar-refractivity contribution is -0.142. The van der Waals surface area contributed by atoms with Crippen molar-refractivity contribution in [2.45, 2.75) is 13.3 Å². The molecule has 0 radical (unpaired) electrons. The van der Waals surface area contributed by atoms with Crippen LogP contribution in [0.2, 0.25) is 0 Å². The van der Waals surface area contributed by atoms with Gasteiger partial charge in [-0.05, 0) is 24.1 Å². The Bertz CT molecular complexity index is 561. The Hall–Kier alpha value is -2.11. The molecule has 114 valence electrons. The van der Waals surface area contributed by atoms with Gasteiger partial charge in [0.25, 0.3) is 0 Å². The van der Waals surface area contributed by atoms with Crippen LogP contribution in [0.25, 0.3) is 0 Å². The summed E-state index contributed by atoms with van der Waals surface area (Å²) in [7, 11) is 1.46. The molecule has 0 bridgehead atoms. The maximum atomic E-state index is 13.3. The van der Waals surface area contributed by atoms with Crippen molar-refractivity contribution in [1.29, 1.82) is 0 Å². The fourth-order valence-corrected chi connectivity index (χ4v) is 2.65. The highest BCUT2D eigenvalue weighted by molar-refractivity contribution is 5.81. The quantitative estimate of drug-likeness (QED) is 0.915. The minimum absolute atomic E-state index is 0.00000756. The van der Waals surface area contributed by atoms with Gasteiger partial charge in [-0.25, -0.2) is 4.39 Å². The van der Waals surface area contributed by atoms with Gasteiger partial charge in [0, 0.05) is 18.7 Å². The van der Waals surface area contributed by atoms with Crippen LogP contribution in [0.3, 0.4) is 0 Å². The average Bonchev–Trinajstić information content (AvgIpc) is 2.81. The number of rotatable bonds is 4. The van der Waals surface area contributed by atoms with Crippen LogP contribution < -0.4 is 4.74 Å². The van der Waals surface area contributed by atoms with E-state index in [1.807, 2.05) is 6.92 Å². The molecule has 1 aliphatic heterocycles. The number of carboxylic acids is 1. The van der Waals surface area contributed by atoms with Gasteiger partial charge in [0.15, 0.2) is 0 Å². The summed E-state index contributed by atoms with van der Waals surface area (Å²) in [5.74, 6) is -1.71. The molecule has 1 heterocycles. The zero-order chi connectivity index (χ0) is 15.6. The van der Waals surface area contributed by atoms with Gasteiger partial charge in [0.2, 0.25) is 5.91 Å². The first kappa shape index (κ1) is 15.3. The van der Waals surface area contributed by atoms with Crippen molar-refractivity contribution in [2.24, 2.45) is 11.8 Å². The third-order valence-corrected chi connectivity index (χ3v) is 3.87. The van der Waals surface area contributed by atoms with Crippen molar-refractivity contribution in [3.63, 3.8) is 0 Å². The number of amides is 1. The van der Waals surface area contributed by atoms with Gasteiger partial charge in [-0.3, -0.25) is 9.59 Å². The number of ether oxygens (including phenoxy) is 1. The Morgan fingerprint density at radius 3 is 2.71 bits per heavy atom. The smallest absolute Gasteiger partial charge is 0.308 e. The molecular weight excluding hydrogens is 277 g/mol. The number of nitrogens with zero attached hydrogens (tertiary/aromatic N) is 1. The van der Waals surface area contributed by atoms with Crippen LogP contribution in [0, 0.1) is 17.7 Å². The number of carbonyl (C=O) groups is 2. The fourth-order valence-electron chi connectivity index (χ4n) is 2.65. The summed E-state index contributed by atoms with van der Waals surface area (Å²) in [6.07, 6.45) is -0.00000756. The molecule has 1 aromatic carbocycles. The van der Waals surface area contributed by atoms with Crippen molar-refractivity contribution >= 4 is 11.9 Å². The van der Waals surface area contributed by atoms with Crippen LogP contribution in [-0.2, 0) is 16.0 Å². The minimum atomic E-state index is -0.888. The highest BCUT2D eigenvalue weighted by Gasteiger charge is 2.36. The molecule has 6 heteroatoms. The topological polar surface area (TPSA) is 66.8 Å². The monoisotopic (exact) mass is 295 g/mol. The molecule has 1 fully saturated rings. The number of carbonyl (C=O) groups excluding carboxylic acids is 1. The fraction of sp³-hybridized carbons (Fsp3) is 0.467. The molecule has 2 atom stereocenters. The normalized spacial score (nSPS) is 21.4. The summed E-state index contributed by atoms with van der Waals surface area (Å²) in [5.41, 5.74) is 0.467. The third kappa shape index (κ3) is 3.32. The molecule has 2 rings (SSSR count). The van der Waals surface area contributed by atoms with Crippen LogP contribution in [-0.4, -0.2) is 42.1 Å². The summed E-state index contributed by atoms with van der Waals surface area (Å²) in [6.45, 7) is 2.43. The molecule has 0 aliphatic carbocycles. The molecular formula is C15H18FNO4. The van der Waals surface area contributed by atoms with Gasteiger partial charge in [-0.15, -0.1) is 0 Å². The number of hydrogen-bond donors (Lipinski definition) is 1. The predicted molar refractivity (Wildman–Crippen MR) is 73.5 cm³/mol. The number of halogens is 1. The molecule has 1 aromatic rings. The van der Waals surface area contributed by atoms with Crippen molar-refractivity contribution in [3.05, 3.63) is 29.6 Å². The second-order valence-electron chi connectivity index (χ2n) is 5.35. The zero-order valence-electron chi connectivity index (χ0n) is 12.0. The van der Waals surface area contributed by atoms with E-state index < -0.39 is 17.7 Å². The van der Waals surface area contributed by atoms with Crippen molar-refractivity contribution in [2.75, 3.05) is 20.2 Å². The van der Waals surface area contributed by atoms with E-state index >= 15 is 0 Å². The van der Waals surface area contributed by atoms with Gasteiger partial charge < -0.3 is 14.7 Å². The van der Waals surface area contributed by atoms with Crippen LogP contribution in [0.1, 0.15) is 12.5 Å². The van der Waals surface area contributed by atoms with E-state index in [1.54, 1.807) is 0 Å². The van der Waals surface area contributed by atoms with Crippen LogP contribution in [0.15, 0.2) is 18.2 Å². The number of carboxylic acid groups (broad SMARTS) is 1. The largest absolute Gasteiger partial charge is 0.496 e. The van der Waals surface area contributed by atoms with Crippen LogP contribution >= 0.6 is 0 Å². The van der Waals surface area contributed by atoms with E-state index in [2.05, 4.69) is 0 Å². The predicted octanol–water partition coefficient (Wildman–Crippen LogP) is 1.56. The van der Waals surface area contributed by atoms with E-state index in [1.165, 1.54) is 30.2 Å². The lowest BCUT2D eigenvalue weighted by Crippen LogP contribution is -2.31. The number of methoxy groups -OCH3 is 1. The first-order valence-electron chi connectivity index (χ1n) is 6.75. The molecule has 0 spiro atoms. The molecule has 1 N–H and O–H groups in total. The lowest BCUT2D eigenvalue weighted by Gasteiger charge is -2.17. The van der Waals surface area contributed by atoms with Crippen LogP contribution in [0.4, 0.5) is 4.39 Å². The van der Waals surface area contributed by atoms with Crippen molar-refractivity contribution in [1.82, 2.24) is 4.90 Å². The summed E-state index contributed by atoms with van der Waals surface area (Å²) >= 11 is 0. The van der Waals surface area contributed by atoms with E-state index in [0.29, 0.717) is 17.9 Å². The molecule has 0 aromatic heterocycles. The van der Waals surface area contributed by atoms with Gasteiger partial charge in [0.05, 0.1) is 19.4 Å². The maximum Gasteiger partial charge on any atom is 0.308 e. The van der Waals surface area contributed by atoms with Crippen LogP contribution in [0.5, 0.6) is 5.75 Å². The molecule has 0 saturated carbocycles. The van der Waals surface area contributed by atoms with Gasteiger partial charge >= 0.3 is 5.97 Å². The van der Waals surface area contributed by atoms with E-state index in [4.69, 9.17) is 9.84 Å². The third-order valence-electron chi connectivity index (χ3n) is 3.87. The Morgan fingerprint density at radius 2 is 2.14 bits per heavy atom. The lowest BCUT2D eigenvalue weighted by atomic mass is 9.99. The standard InChI is InChI=1S/C15H18FNO4/c1-9-7-17(8-12(9)15(19)20)14(18)6-10-5-11(16)3-4-13(10)21-2/h3-5,9,12H,6-8H2,1-2H3,(H,19,20)/t9-,12-/m1/s1. The van der Waals surface area contributed by atoms with Gasteiger partial charge in [-0.2, -0.15) is 0 Å². The molecule has 5 nitrogen and oxygen atoms in total. The maximum absolute atomic E-state index is 13.3. The summed E-state index contributed by atoms with van der Waals surface area (Å²) in [4.78, 5) is 24.9. The second kappa shape index (κ2) is 6.11. The number of likely N-dealkylation sites (tertiary alicyclic amines) is 1. The minimum Gasteiger partial charge on any atom is -0.496 e. The molecule has 21 heavy (non-hydrogen) atoms. The Kier molecular flexibility index (Phi) is 4.45. The molecule has 1 aliphatic rings. The summed E-state index contributed by atoms with van der Waals surface area (Å²) in [6, 6.07) is 4.01. The highest BCUT2D eigenvalue weighted by atomic mass is 19.1. The summed E-state index contributed by atoms with van der Waals surface area (Å²) in [5, 5.41) is 9.08. The first-order valence-corrected chi connectivity index (χ1v) is 6.75. The average molecular weight is 295 g/mol. The van der Waals surface area contributed by atoms with E-state index in [0.717, 1.165) is 0 Å².